The molecule has 0 aliphatic rings. The lowest BCUT2D eigenvalue weighted by Gasteiger charge is -2.12. The van der Waals surface area contributed by atoms with Crippen LogP contribution in [0.15, 0.2) is 54.6 Å². The van der Waals surface area contributed by atoms with Crippen LogP contribution in [0.1, 0.15) is 30.2 Å². The highest BCUT2D eigenvalue weighted by molar-refractivity contribution is 5.60. The van der Waals surface area contributed by atoms with E-state index in [1.54, 1.807) is 4.80 Å². The highest BCUT2D eigenvalue weighted by Gasteiger charge is 2.15. The third-order valence-corrected chi connectivity index (χ3v) is 4.45. The van der Waals surface area contributed by atoms with Crippen molar-refractivity contribution in [2.75, 3.05) is 6.61 Å². The van der Waals surface area contributed by atoms with Crippen molar-refractivity contribution in [3.63, 3.8) is 0 Å². The van der Waals surface area contributed by atoms with E-state index in [4.69, 9.17) is 10.2 Å². The highest BCUT2D eigenvalue weighted by atomic mass is 16.3. The Morgan fingerprint density at radius 1 is 1.08 bits per heavy atom. The summed E-state index contributed by atoms with van der Waals surface area (Å²) >= 11 is 0. The Hall–Kier alpha value is -2.50. The first-order chi connectivity index (χ1) is 12.7. The fourth-order valence-corrected chi connectivity index (χ4v) is 2.95. The van der Waals surface area contributed by atoms with Crippen LogP contribution in [0, 0.1) is 6.92 Å². The van der Waals surface area contributed by atoms with Crippen LogP contribution < -0.4 is 5.32 Å². The van der Waals surface area contributed by atoms with Crippen LogP contribution in [0.2, 0.25) is 0 Å². The van der Waals surface area contributed by atoms with Crippen molar-refractivity contribution < 1.29 is 5.11 Å². The zero-order chi connectivity index (χ0) is 18.4. The second-order valence-electron chi connectivity index (χ2n) is 6.55. The summed E-state index contributed by atoms with van der Waals surface area (Å²) in [6.07, 6.45) is 0.870. The van der Waals surface area contributed by atoms with E-state index < -0.39 is 0 Å². The molecular formula is C21H26N4O. The zero-order valence-corrected chi connectivity index (χ0v) is 15.4. The average Bonchev–Trinajstić information content (AvgIpc) is 3.06. The summed E-state index contributed by atoms with van der Waals surface area (Å²) in [6, 6.07) is 18.6. The van der Waals surface area contributed by atoms with Crippen molar-refractivity contribution >= 4 is 0 Å². The van der Waals surface area contributed by atoms with Gasteiger partial charge in [-0.05, 0) is 18.9 Å². The Balaban J connectivity index is 1.87. The van der Waals surface area contributed by atoms with Crippen molar-refractivity contribution in [3.8, 4) is 11.3 Å². The van der Waals surface area contributed by atoms with Gasteiger partial charge in [-0.15, -0.1) is 0 Å². The summed E-state index contributed by atoms with van der Waals surface area (Å²) in [7, 11) is 0. The SMILES string of the molecule is CC[C@@H](CO)NCc1nn(Cc2cccc(C)c2)nc1-c1ccccc1. The zero-order valence-electron chi connectivity index (χ0n) is 15.4. The van der Waals surface area contributed by atoms with Gasteiger partial charge in [0.1, 0.15) is 11.4 Å². The molecule has 1 atom stereocenters. The minimum absolute atomic E-state index is 0.0700. The van der Waals surface area contributed by atoms with Crippen LogP contribution in [0.25, 0.3) is 11.3 Å². The molecule has 0 fully saturated rings. The van der Waals surface area contributed by atoms with Gasteiger partial charge in [-0.1, -0.05) is 67.1 Å². The van der Waals surface area contributed by atoms with Crippen LogP contribution in [0.3, 0.4) is 0 Å². The van der Waals surface area contributed by atoms with Gasteiger partial charge in [-0.2, -0.15) is 15.0 Å². The van der Waals surface area contributed by atoms with Crippen molar-refractivity contribution in [1.82, 2.24) is 20.3 Å². The van der Waals surface area contributed by atoms with Crippen molar-refractivity contribution in [3.05, 3.63) is 71.4 Å². The largest absolute Gasteiger partial charge is 0.395 e. The predicted molar refractivity (Wildman–Crippen MR) is 104 cm³/mol. The first kappa shape index (κ1) is 18.3. The number of hydrogen-bond acceptors (Lipinski definition) is 4. The first-order valence-electron chi connectivity index (χ1n) is 9.08. The van der Waals surface area contributed by atoms with E-state index in [1.165, 1.54) is 11.1 Å². The Kier molecular flexibility index (Phi) is 6.15. The first-order valence-corrected chi connectivity index (χ1v) is 9.08. The van der Waals surface area contributed by atoms with E-state index in [0.717, 1.165) is 23.4 Å². The molecule has 2 N–H and O–H groups in total. The van der Waals surface area contributed by atoms with Gasteiger partial charge in [0.2, 0.25) is 0 Å². The number of aryl methyl sites for hydroxylation is 1. The minimum Gasteiger partial charge on any atom is -0.395 e. The molecule has 2 aromatic carbocycles. The smallest absolute Gasteiger partial charge is 0.117 e. The summed E-state index contributed by atoms with van der Waals surface area (Å²) in [6.45, 7) is 5.48. The van der Waals surface area contributed by atoms with Gasteiger partial charge in [0, 0.05) is 18.2 Å². The van der Waals surface area contributed by atoms with E-state index in [-0.39, 0.29) is 12.6 Å². The highest BCUT2D eigenvalue weighted by Crippen LogP contribution is 2.20. The van der Waals surface area contributed by atoms with Crippen LogP contribution in [0.4, 0.5) is 0 Å². The van der Waals surface area contributed by atoms with E-state index in [0.29, 0.717) is 13.1 Å². The molecule has 1 heterocycles. The topological polar surface area (TPSA) is 63.0 Å². The fourth-order valence-electron chi connectivity index (χ4n) is 2.95. The van der Waals surface area contributed by atoms with Crippen molar-refractivity contribution in [1.29, 1.82) is 0 Å². The van der Waals surface area contributed by atoms with Crippen LogP contribution >= 0.6 is 0 Å². The van der Waals surface area contributed by atoms with Gasteiger partial charge in [0.05, 0.1) is 13.2 Å². The van der Waals surface area contributed by atoms with Gasteiger partial charge in [-0.3, -0.25) is 0 Å². The molecule has 3 aromatic rings. The molecule has 0 unspecified atom stereocenters. The van der Waals surface area contributed by atoms with Gasteiger partial charge in [-0.25, -0.2) is 0 Å². The molecule has 0 saturated heterocycles. The third kappa shape index (κ3) is 4.56. The number of nitrogens with one attached hydrogen (secondary N) is 1. The standard InChI is InChI=1S/C21H26N4O/c1-3-19(15-26)22-13-20-21(18-10-5-4-6-11-18)24-25(23-20)14-17-9-7-8-16(2)12-17/h4-12,19,22,26H,3,13-15H2,1-2H3/t19-/m0/s1. The summed E-state index contributed by atoms with van der Waals surface area (Å²) < 4.78 is 0. The molecule has 5 heteroatoms. The number of aromatic nitrogens is 3. The molecule has 136 valence electrons. The van der Waals surface area contributed by atoms with Gasteiger partial charge in [0.25, 0.3) is 0 Å². The summed E-state index contributed by atoms with van der Waals surface area (Å²) in [4.78, 5) is 1.76. The maximum atomic E-state index is 9.41. The molecule has 0 saturated carbocycles. The van der Waals surface area contributed by atoms with E-state index in [1.807, 2.05) is 30.3 Å². The number of aliphatic hydroxyl groups is 1. The third-order valence-electron chi connectivity index (χ3n) is 4.45. The van der Waals surface area contributed by atoms with Gasteiger partial charge < -0.3 is 10.4 Å². The summed E-state index contributed by atoms with van der Waals surface area (Å²) in [5.74, 6) is 0. The number of aliphatic hydroxyl groups excluding tert-OH is 1. The van der Waals surface area contributed by atoms with Crippen molar-refractivity contribution in [2.24, 2.45) is 0 Å². The molecular weight excluding hydrogens is 324 g/mol. The molecule has 5 nitrogen and oxygen atoms in total. The Morgan fingerprint density at radius 2 is 1.88 bits per heavy atom. The molecule has 0 spiro atoms. The maximum absolute atomic E-state index is 9.41. The molecule has 0 bridgehead atoms. The lowest BCUT2D eigenvalue weighted by molar-refractivity contribution is 0.238. The minimum atomic E-state index is 0.0700. The Morgan fingerprint density at radius 3 is 2.58 bits per heavy atom. The second kappa shape index (κ2) is 8.74. The Bertz CT molecular complexity index is 825. The maximum Gasteiger partial charge on any atom is 0.117 e. The van der Waals surface area contributed by atoms with E-state index in [9.17, 15) is 5.11 Å². The predicted octanol–water partition coefficient (Wildman–Crippen LogP) is 3.16. The molecule has 0 radical (unpaired) electrons. The molecule has 1 aromatic heterocycles. The van der Waals surface area contributed by atoms with Crippen LogP contribution in [-0.4, -0.2) is 32.7 Å². The van der Waals surface area contributed by atoms with E-state index >= 15 is 0 Å². The molecule has 3 rings (SSSR count). The summed E-state index contributed by atoms with van der Waals surface area (Å²) in [5.41, 5.74) is 5.25. The quantitative estimate of drug-likeness (QED) is 0.655. The molecule has 0 aliphatic heterocycles. The lowest BCUT2D eigenvalue weighted by Crippen LogP contribution is -2.31. The van der Waals surface area contributed by atoms with E-state index in [2.05, 4.69) is 43.4 Å². The normalized spacial score (nSPS) is 12.3. The monoisotopic (exact) mass is 350 g/mol. The van der Waals surface area contributed by atoms with Crippen LogP contribution in [0.5, 0.6) is 0 Å². The molecule has 0 amide bonds. The molecule has 26 heavy (non-hydrogen) atoms. The number of benzene rings is 2. The number of nitrogens with zero attached hydrogens (tertiary/aromatic N) is 3. The second-order valence-corrected chi connectivity index (χ2v) is 6.55. The van der Waals surface area contributed by atoms with Crippen molar-refractivity contribution in [2.45, 2.75) is 39.4 Å². The van der Waals surface area contributed by atoms with Crippen LogP contribution in [-0.2, 0) is 13.1 Å². The summed E-state index contributed by atoms with van der Waals surface area (Å²) in [5, 5.41) is 22.2. The Labute approximate surface area is 154 Å². The van der Waals surface area contributed by atoms with Gasteiger partial charge >= 0.3 is 0 Å². The lowest BCUT2D eigenvalue weighted by atomic mass is 10.1. The van der Waals surface area contributed by atoms with Gasteiger partial charge in [0.15, 0.2) is 0 Å². The fraction of sp³-hybridized carbons (Fsp3) is 0.333. The number of rotatable bonds is 8. The number of hydrogen-bond donors (Lipinski definition) is 2. The molecule has 0 aliphatic carbocycles. The average molecular weight is 350 g/mol.